The molecule has 0 rings (SSSR count). The molecule has 0 bridgehead atoms. The van der Waals surface area contributed by atoms with Gasteiger partial charge in [0.25, 0.3) is 0 Å². The van der Waals surface area contributed by atoms with Crippen molar-refractivity contribution in [3.05, 3.63) is 0 Å². The van der Waals surface area contributed by atoms with Gasteiger partial charge in [-0.25, -0.2) is 10.3 Å². The maximum absolute atomic E-state index is 11.2. The van der Waals surface area contributed by atoms with Gasteiger partial charge in [0.2, 0.25) is 5.91 Å². The highest BCUT2D eigenvalue weighted by Crippen LogP contribution is 2.18. The second-order valence-corrected chi connectivity index (χ2v) is 3.13. The van der Waals surface area contributed by atoms with Crippen molar-refractivity contribution in [2.45, 2.75) is 27.2 Å². The first kappa shape index (κ1) is 10.9. The maximum atomic E-state index is 11.2. The molecule has 12 heavy (non-hydrogen) atoms. The third-order valence-corrected chi connectivity index (χ3v) is 1.83. The summed E-state index contributed by atoms with van der Waals surface area (Å²) in [5, 5.41) is 10.1. The van der Waals surface area contributed by atoms with Gasteiger partial charge in [0, 0.05) is 5.41 Å². The lowest BCUT2D eigenvalue weighted by Crippen LogP contribution is -2.44. The summed E-state index contributed by atoms with van der Waals surface area (Å²) in [6.07, 6.45) is 0.623. The molecule has 0 saturated carbocycles. The molecule has 0 aromatic heterocycles. The summed E-state index contributed by atoms with van der Waals surface area (Å²) in [4.78, 5) is 21.7. The Hall–Kier alpha value is -1.10. The van der Waals surface area contributed by atoms with Crippen LogP contribution in [0.5, 0.6) is 0 Å². The maximum Gasteiger partial charge on any atom is 0.345 e. The van der Waals surface area contributed by atoms with E-state index < -0.39 is 17.4 Å². The Labute approximate surface area is 71.1 Å². The number of amides is 3. The zero-order valence-corrected chi connectivity index (χ0v) is 7.47. The Balaban J connectivity index is 4.13. The lowest BCUT2D eigenvalue weighted by molar-refractivity contribution is -0.128. The summed E-state index contributed by atoms with van der Waals surface area (Å²) in [5.41, 5.74) is 0.730. The molecular weight excluding hydrogens is 160 g/mol. The quantitative estimate of drug-likeness (QED) is 0.424. The number of carbonyl (C=O) groups excluding carboxylic acids is 2. The number of urea groups is 1. The number of hydroxylamine groups is 1. The van der Waals surface area contributed by atoms with E-state index in [0.717, 1.165) is 0 Å². The Bertz CT molecular complexity index is 189. The second-order valence-electron chi connectivity index (χ2n) is 3.13. The number of hydrogen-bond donors (Lipinski definition) is 3. The third-order valence-electron chi connectivity index (χ3n) is 1.83. The first-order valence-corrected chi connectivity index (χ1v) is 3.69. The predicted molar refractivity (Wildman–Crippen MR) is 42.5 cm³/mol. The molecule has 70 valence electrons. The minimum Gasteiger partial charge on any atom is -0.287 e. The van der Waals surface area contributed by atoms with Gasteiger partial charge in [0.1, 0.15) is 0 Å². The molecule has 5 nitrogen and oxygen atoms in total. The lowest BCUT2D eigenvalue weighted by atomic mass is 9.89. The van der Waals surface area contributed by atoms with Crippen LogP contribution in [-0.4, -0.2) is 17.1 Å². The molecule has 0 spiro atoms. The van der Waals surface area contributed by atoms with Gasteiger partial charge < -0.3 is 0 Å². The van der Waals surface area contributed by atoms with Crippen LogP contribution in [0.25, 0.3) is 0 Å². The molecule has 0 radical (unpaired) electrons. The predicted octanol–water partition coefficient (Wildman–Crippen LogP) is 0.638. The molecule has 0 aromatic rings. The molecule has 0 aliphatic heterocycles. The fourth-order valence-corrected chi connectivity index (χ4v) is 0.461. The zero-order chi connectivity index (χ0) is 9.78. The first-order chi connectivity index (χ1) is 5.44. The van der Waals surface area contributed by atoms with E-state index in [1.54, 1.807) is 13.8 Å². The number of nitrogens with one attached hydrogen (secondary N) is 2. The van der Waals surface area contributed by atoms with Crippen LogP contribution in [0.15, 0.2) is 0 Å². The van der Waals surface area contributed by atoms with E-state index in [-0.39, 0.29) is 0 Å². The highest BCUT2D eigenvalue weighted by Gasteiger charge is 2.26. The normalized spacial score (nSPS) is 10.7. The summed E-state index contributed by atoms with van der Waals surface area (Å²) in [5.74, 6) is -0.406. The first-order valence-electron chi connectivity index (χ1n) is 3.69. The second kappa shape index (κ2) is 4.06. The number of rotatable bonds is 2. The van der Waals surface area contributed by atoms with E-state index in [4.69, 9.17) is 5.21 Å². The van der Waals surface area contributed by atoms with Crippen molar-refractivity contribution in [1.29, 1.82) is 0 Å². The van der Waals surface area contributed by atoms with Gasteiger partial charge in [-0.15, -0.1) is 0 Å². The lowest BCUT2D eigenvalue weighted by Gasteiger charge is -2.20. The minimum atomic E-state index is -0.901. The molecule has 3 amide bonds. The molecule has 0 saturated heterocycles. The molecule has 0 unspecified atom stereocenters. The molecule has 0 heterocycles. The fourth-order valence-electron chi connectivity index (χ4n) is 0.461. The van der Waals surface area contributed by atoms with Crippen molar-refractivity contribution >= 4 is 11.9 Å². The summed E-state index contributed by atoms with van der Waals surface area (Å²) in [6, 6.07) is -0.901. The molecule has 0 aliphatic rings. The Morgan fingerprint density at radius 3 is 2.25 bits per heavy atom. The summed E-state index contributed by atoms with van der Waals surface area (Å²) in [7, 11) is 0. The Kier molecular flexibility index (Phi) is 3.69. The van der Waals surface area contributed by atoms with Gasteiger partial charge in [-0.05, 0) is 6.42 Å². The van der Waals surface area contributed by atoms with E-state index in [9.17, 15) is 9.59 Å². The molecule has 0 aliphatic carbocycles. The van der Waals surface area contributed by atoms with Crippen molar-refractivity contribution in [1.82, 2.24) is 10.8 Å². The Morgan fingerprint density at radius 2 is 1.92 bits per heavy atom. The van der Waals surface area contributed by atoms with E-state index in [2.05, 4.69) is 0 Å². The average molecular weight is 174 g/mol. The molecule has 0 fully saturated rings. The minimum absolute atomic E-state index is 0.406. The van der Waals surface area contributed by atoms with Gasteiger partial charge in [-0.1, -0.05) is 20.8 Å². The van der Waals surface area contributed by atoms with Gasteiger partial charge >= 0.3 is 6.03 Å². The van der Waals surface area contributed by atoms with Crippen LogP contribution in [0.1, 0.15) is 27.2 Å². The van der Waals surface area contributed by atoms with Crippen LogP contribution in [-0.2, 0) is 4.79 Å². The number of carbonyl (C=O) groups is 2. The van der Waals surface area contributed by atoms with E-state index in [0.29, 0.717) is 6.42 Å². The van der Waals surface area contributed by atoms with Crippen molar-refractivity contribution in [3.8, 4) is 0 Å². The van der Waals surface area contributed by atoms with Crippen molar-refractivity contribution < 1.29 is 14.8 Å². The number of imide groups is 1. The summed E-state index contributed by atoms with van der Waals surface area (Å²) in [6.45, 7) is 5.27. The van der Waals surface area contributed by atoms with E-state index in [1.807, 2.05) is 12.2 Å². The van der Waals surface area contributed by atoms with Crippen molar-refractivity contribution in [2.24, 2.45) is 5.41 Å². The zero-order valence-electron chi connectivity index (χ0n) is 7.47. The van der Waals surface area contributed by atoms with E-state index >= 15 is 0 Å². The van der Waals surface area contributed by atoms with Gasteiger partial charge in [0.05, 0.1) is 0 Å². The van der Waals surface area contributed by atoms with Crippen LogP contribution in [0.2, 0.25) is 0 Å². The van der Waals surface area contributed by atoms with Crippen LogP contribution >= 0.6 is 0 Å². The Morgan fingerprint density at radius 1 is 1.42 bits per heavy atom. The van der Waals surface area contributed by atoms with Crippen LogP contribution in [0.3, 0.4) is 0 Å². The summed E-state index contributed by atoms with van der Waals surface area (Å²) >= 11 is 0. The molecule has 3 N–H and O–H groups in total. The van der Waals surface area contributed by atoms with Crippen molar-refractivity contribution in [2.75, 3.05) is 0 Å². The molecule has 0 aromatic carbocycles. The molecule has 5 heteroatoms. The van der Waals surface area contributed by atoms with Crippen molar-refractivity contribution in [3.63, 3.8) is 0 Å². The van der Waals surface area contributed by atoms with Crippen LogP contribution in [0.4, 0.5) is 4.79 Å². The largest absolute Gasteiger partial charge is 0.345 e. The molecular formula is C7H14N2O3. The monoisotopic (exact) mass is 174 g/mol. The summed E-state index contributed by atoms with van der Waals surface area (Å²) < 4.78 is 0. The van der Waals surface area contributed by atoms with Crippen LogP contribution < -0.4 is 10.8 Å². The van der Waals surface area contributed by atoms with Gasteiger partial charge in [-0.3, -0.25) is 15.3 Å². The third kappa shape index (κ3) is 2.87. The van der Waals surface area contributed by atoms with Gasteiger partial charge in [-0.2, -0.15) is 0 Å². The highest BCUT2D eigenvalue weighted by atomic mass is 16.5. The topological polar surface area (TPSA) is 78.4 Å². The highest BCUT2D eigenvalue weighted by molar-refractivity contribution is 5.96. The average Bonchev–Trinajstić information content (AvgIpc) is 2.04. The smallest absolute Gasteiger partial charge is 0.287 e. The standard InChI is InChI=1S/C7H14N2O3/c1-4-7(2,3)5(10)8-6(11)9-12/h12H,4H2,1-3H3,(H2,8,9,10,11). The number of hydrogen-bond acceptors (Lipinski definition) is 3. The fraction of sp³-hybridized carbons (Fsp3) is 0.714. The van der Waals surface area contributed by atoms with E-state index in [1.165, 1.54) is 5.48 Å². The van der Waals surface area contributed by atoms with Crippen LogP contribution in [0, 0.1) is 5.41 Å². The molecule has 0 atom stereocenters. The SMILES string of the molecule is CCC(C)(C)C(=O)NC(=O)NO. The van der Waals surface area contributed by atoms with Gasteiger partial charge in [0.15, 0.2) is 0 Å².